The normalized spacial score (nSPS) is 15.2. The zero-order valence-corrected chi connectivity index (χ0v) is 30.0. The Labute approximate surface area is 281 Å². The van der Waals surface area contributed by atoms with E-state index >= 15 is 0 Å². The van der Waals surface area contributed by atoms with Gasteiger partial charge in [0.1, 0.15) is 6.29 Å². The van der Waals surface area contributed by atoms with Crippen molar-refractivity contribution >= 4 is 35.7 Å². The van der Waals surface area contributed by atoms with E-state index in [-0.39, 0.29) is 24.5 Å². The van der Waals surface area contributed by atoms with E-state index in [1.165, 1.54) is 19.7 Å². The number of hydrogen-bond donors (Lipinski definition) is 3. The Hall–Kier alpha value is -3.96. The van der Waals surface area contributed by atoms with Crippen LogP contribution in [0.25, 0.3) is 0 Å². The molecule has 3 heterocycles. The van der Waals surface area contributed by atoms with Crippen LogP contribution in [0.1, 0.15) is 83.3 Å². The van der Waals surface area contributed by atoms with Crippen LogP contribution >= 0.6 is 0 Å². The number of aromatic nitrogens is 1. The van der Waals surface area contributed by atoms with E-state index in [4.69, 9.17) is 9.47 Å². The second kappa shape index (κ2) is 17.8. The number of carbonyl (C=O) groups excluding carboxylic acids is 3. The monoisotopic (exact) mass is 652 g/mol. The number of fused-ring (bicyclic) bond motifs is 2. The van der Waals surface area contributed by atoms with Gasteiger partial charge >= 0.3 is 0 Å². The minimum absolute atomic E-state index is 0.0276. The number of allylic oxidation sites excluding steroid dienone is 1. The van der Waals surface area contributed by atoms with Gasteiger partial charge in [-0.25, -0.2) is 0 Å². The molecule has 2 aliphatic heterocycles. The summed E-state index contributed by atoms with van der Waals surface area (Å²) in [4.78, 5) is 44.0. The second-order valence-corrected chi connectivity index (χ2v) is 13.2. The lowest BCUT2D eigenvalue weighted by atomic mass is 9.88. The molecule has 11 nitrogen and oxygen atoms in total. The molecule has 2 aromatic rings. The smallest absolute Gasteiger partial charge is 0.256 e. The standard InChI is InChI=1S/C28H36N4O5.C7H15N.CH5N/c1-27(2,26(35)30-18-12-24(31(5)16-18)28(3,4)17-33)9-11-37-23-14-21-20(13-22(23)36-6)25(34)32-10-7-8-19(32)15-29-21;1-7(2)5-4-6-8-3;1-2/h12-17,19H,7-11H2,1-6H3,(H,30,35);5,8H,4,6H2,1-3H3;2H2,1H3. The number of anilines is 1. The molecular formula is C36H56N6O5. The number of aldehydes is 1. The second-order valence-electron chi connectivity index (χ2n) is 13.2. The lowest BCUT2D eigenvalue weighted by Gasteiger charge is -2.24. The average Bonchev–Trinajstić information content (AvgIpc) is 3.64. The molecule has 0 aliphatic carbocycles. The quantitative estimate of drug-likeness (QED) is 0.158. The molecule has 2 aliphatic rings. The SMILES string of the molecule is CN.CNCCC=C(C)C.COc1cc2c(cc1OCCC(C)(C)C(=O)Nc1cc(C(C)(C)C=O)n(C)c1)N=CC1CCCN1C2=O. The number of nitrogens with two attached hydrogens (primary N) is 1. The number of amides is 2. The number of aryl methyl sites for hydroxylation is 1. The Morgan fingerprint density at radius 2 is 1.85 bits per heavy atom. The molecule has 0 spiro atoms. The number of nitrogens with zero attached hydrogens (tertiary/aromatic N) is 3. The van der Waals surface area contributed by atoms with E-state index in [1.54, 1.807) is 18.3 Å². The Kier molecular flexibility index (Phi) is 14.9. The number of nitrogens with one attached hydrogen (secondary N) is 2. The van der Waals surface area contributed by atoms with Crippen molar-refractivity contribution in [1.29, 1.82) is 0 Å². The molecule has 2 amide bonds. The summed E-state index contributed by atoms with van der Waals surface area (Å²) in [5, 5.41) is 6.04. The number of benzene rings is 1. The fraction of sp³-hybridized carbons (Fsp3) is 0.556. The Balaban J connectivity index is 0.000000672. The summed E-state index contributed by atoms with van der Waals surface area (Å²) >= 11 is 0. The van der Waals surface area contributed by atoms with Crippen LogP contribution in [0.4, 0.5) is 11.4 Å². The van der Waals surface area contributed by atoms with Crippen LogP contribution in [0, 0.1) is 5.41 Å². The first kappa shape index (κ1) is 39.2. The predicted octanol–water partition coefficient (Wildman–Crippen LogP) is 5.40. The summed E-state index contributed by atoms with van der Waals surface area (Å²) in [7, 11) is 6.86. The highest BCUT2D eigenvalue weighted by molar-refractivity contribution is 6.03. The van der Waals surface area contributed by atoms with Gasteiger partial charge in [-0.15, -0.1) is 0 Å². The van der Waals surface area contributed by atoms with Crippen molar-refractivity contribution in [2.45, 2.75) is 78.7 Å². The van der Waals surface area contributed by atoms with E-state index in [2.05, 4.69) is 41.3 Å². The van der Waals surface area contributed by atoms with Crippen molar-refractivity contribution in [3.8, 4) is 11.5 Å². The van der Waals surface area contributed by atoms with Crippen LogP contribution < -0.4 is 25.8 Å². The van der Waals surface area contributed by atoms with Crippen molar-refractivity contribution in [2.75, 3.05) is 46.2 Å². The van der Waals surface area contributed by atoms with Crippen molar-refractivity contribution in [1.82, 2.24) is 14.8 Å². The molecule has 260 valence electrons. The molecule has 47 heavy (non-hydrogen) atoms. The molecule has 4 N–H and O–H groups in total. The average molecular weight is 653 g/mol. The molecule has 1 aromatic heterocycles. The van der Waals surface area contributed by atoms with Gasteiger partial charge in [0.2, 0.25) is 5.91 Å². The third kappa shape index (κ3) is 10.5. The number of rotatable bonds is 12. The Morgan fingerprint density at radius 3 is 2.47 bits per heavy atom. The van der Waals surface area contributed by atoms with E-state index in [0.717, 1.165) is 44.3 Å². The molecule has 1 aromatic carbocycles. The topological polar surface area (TPSA) is 140 Å². The molecular weight excluding hydrogens is 596 g/mol. The minimum atomic E-state index is -0.728. The van der Waals surface area contributed by atoms with Gasteiger partial charge in [0.25, 0.3) is 5.91 Å². The molecule has 1 fully saturated rings. The summed E-state index contributed by atoms with van der Waals surface area (Å²) in [6, 6.07) is 5.28. The Bertz CT molecular complexity index is 1420. The minimum Gasteiger partial charge on any atom is -0.493 e. The van der Waals surface area contributed by atoms with Crippen LogP contribution in [0.3, 0.4) is 0 Å². The lowest BCUT2D eigenvalue weighted by molar-refractivity contribution is -0.124. The maximum atomic E-state index is 13.1. The molecule has 0 radical (unpaired) electrons. The molecule has 1 saturated heterocycles. The van der Waals surface area contributed by atoms with Gasteiger partial charge in [-0.2, -0.15) is 0 Å². The largest absolute Gasteiger partial charge is 0.493 e. The van der Waals surface area contributed by atoms with Gasteiger partial charge in [-0.3, -0.25) is 14.6 Å². The zero-order valence-electron chi connectivity index (χ0n) is 30.0. The molecule has 1 atom stereocenters. The Morgan fingerprint density at radius 1 is 1.15 bits per heavy atom. The van der Waals surface area contributed by atoms with E-state index in [9.17, 15) is 14.4 Å². The molecule has 0 saturated carbocycles. The van der Waals surface area contributed by atoms with Crippen LogP contribution in [-0.2, 0) is 22.1 Å². The highest BCUT2D eigenvalue weighted by Gasteiger charge is 2.33. The predicted molar refractivity (Wildman–Crippen MR) is 190 cm³/mol. The van der Waals surface area contributed by atoms with E-state index in [1.807, 2.05) is 63.5 Å². The first-order valence-corrected chi connectivity index (χ1v) is 16.2. The van der Waals surface area contributed by atoms with Crippen LogP contribution in [0.15, 0.2) is 41.0 Å². The summed E-state index contributed by atoms with van der Waals surface area (Å²) in [5.41, 5.74) is 7.04. The van der Waals surface area contributed by atoms with E-state index < -0.39 is 10.8 Å². The van der Waals surface area contributed by atoms with Gasteiger partial charge in [-0.1, -0.05) is 25.5 Å². The summed E-state index contributed by atoms with van der Waals surface area (Å²) in [6.45, 7) is 13.7. The van der Waals surface area contributed by atoms with Crippen LogP contribution in [0.5, 0.6) is 11.5 Å². The van der Waals surface area contributed by atoms with Gasteiger partial charge in [0.15, 0.2) is 11.5 Å². The van der Waals surface area contributed by atoms with Crippen molar-refractivity contribution in [2.24, 2.45) is 23.2 Å². The van der Waals surface area contributed by atoms with Gasteiger partial charge in [0.05, 0.1) is 42.1 Å². The first-order valence-electron chi connectivity index (χ1n) is 16.2. The third-order valence-electron chi connectivity index (χ3n) is 8.22. The van der Waals surface area contributed by atoms with E-state index in [0.29, 0.717) is 34.9 Å². The van der Waals surface area contributed by atoms with Crippen LogP contribution in [-0.4, -0.2) is 80.7 Å². The molecule has 4 rings (SSSR count). The van der Waals surface area contributed by atoms with Gasteiger partial charge in [0, 0.05) is 43.2 Å². The number of hydrogen-bond acceptors (Lipinski definition) is 8. The van der Waals surface area contributed by atoms with Gasteiger partial charge in [-0.05, 0) is 86.2 Å². The first-order chi connectivity index (χ1) is 22.2. The molecule has 0 bridgehead atoms. The summed E-state index contributed by atoms with van der Waals surface area (Å²) in [5.74, 6) is 0.741. The number of methoxy groups -OCH3 is 1. The number of ether oxygens (including phenoxy) is 2. The summed E-state index contributed by atoms with van der Waals surface area (Å²) in [6.07, 6.45) is 10.3. The fourth-order valence-corrected chi connectivity index (χ4v) is 5.29. The maximum absolute atomic E-state index is 13.1. The van der Waals surface area contributed by atoms with Crippen molar-refractivity contribution in [3.05, 3.63) is 47.3 Å². The molecule has 1 unspecified atom stereocenters. The number of aliphatic imine (C=N–C) groups is 1. The lowest BCUT2D eigenvalue weighted by Crippen LogP contribution is -2.35. The molecule has 11 heteroatoms. The fourth-order valence-electron chi connectivity index (χ4n) is 5.29. The summed E-state index contributed by atoms with van der Waals surface area (Å²) < 4.78 is 13.4. The highest BCUT2D eigenvalue weighted by Crippen LogP contribution is 2.38. The zero-order chi connectivity index (χ0) is 35.4. The highest BCUT2D eigenvalue weighted by atomic mass is 16.5. The third-order valence-corrected chi connectivity index (χ3v) is 8.22. The van der Waals surface area contributed by atoms with Crippen LogP contribution in [0.2, 0.25) is 0 Å². The van der Waals surface area contributed by atoms with Crippen molar-refractivity contribution < 1.29 is 23.9 Å². The van der Waals surface area contributed by atoms with Gasteiger partial charge < -0.3 is 40.1 Å². The maximum Gasteiger partial charge on any atom is 0.256 e. The van der Waals surface area contributed by atoms with Crippen molar-refractivity contribution in [3.63, 3.8) is 0 Å². The number of carbonyl (C=O) groups is 3.